The van der Waals surface area contributed by atoms with Gasteiger partial charge in [0.15, 0.2) is 0 Å². The number of fused-ring (bicyclic) bond motifs is 1. The summed E-state index contributed by atoms with van der Waals surface area (Å²) in [6.07, 6.45) is 11.1. The van der Waals surface area contributed by atoms with Crippen LogP contribution >= 0.6 is 0 Å². The van der Waals surface area contributed by atoms with Crippen LogP contribution < -0.4 is 5.32 Å². The van der Waals surface area contributed by atoms with Crippen molar-refractivity contribution < 1.29 is 4.79 Å². The van der Waals surface area contributed by atoms with E-state index in [1.807, 2.05) is 0 Å². The number of carbonyl (C=O) groups is 1. The number of rotatable bonds is 2. The molecule has 22 heavy (non-hydrogen) atoms. The molecule has 4 fully saturated rings. The van der Waals surface area contributed by atoms with Crippen LogP contribution in [0.5, 0.6) is 0 Å². The molecule has 4 rings (SSSR count). The molecule has 1 N–H and O–H groups in total. The Morgan fingerprint density at radius 2 is 1.59 bits per heavy atom. The number of hydrogen-bond acceptors (Lipinski definition) is 3. The third kappa shape index (κ3) is 2.80. The average molecular weight is 305 g/mol. The molecule has 3 aliphatic heterocycles. The summed E-state index contributed by atoms with van der Waals surface area (Å²) in [5.74, 6) is 1.15. The molecular weight excluding hydrogens is 274 g/mol. The first-order valence-electron chi connectivity index (χ1n) is 9.59. The number of hydrogen-bond donors (Lipinski definition) is 1. The van der Waals surface area contributed by atoms with Crippen LogP contribution in [0, 0.1) is 5.92 Å². The second-order valence-corrected chi connectivity index (χ2v) is 7.87. The zero-order valence-corrected chi connectivity index (χ0v) is 13.8. The lowest BCUT2D eigenvalue weighted by molar-refractivity contribution is -0.132. The first-order chi connectivity index (χ1) is 10.8. The summed E-state index contributed by atoms with van der Waals surface area (Å²) >= 11 is 0. The zero-order valence-electron chi connectivity index (χ0n) is 13.8. The van der Waals surface area contributed by atoms with Gasteiger partial charge in [0.25, 0.3) is 0 Å². The fourth-order valence-corrected chi connectivity index (χ4v) is 5.48. The van der Waals surface area contributed by atoms with E-state index in [-0.39, 0.29) is 0 Å². The molecule has 3 heterocycles. The largest absolute Gasteiger partial charge is 0.336 e. The van der Waals surface area contributed by atoms with E-state index in [1.54, 1.807) is 0 Å². The highest BCUT2D eigenvalue weighted by atomic mass is 16.2. The molecule has 0 aromatic heterocycles. The van der Waals surface area contributed by atoms with Crippen molar-refractivity contribution in [2.24, 2.45) is 5.92 Å². The number of nitrogens with zero attached hydrogens (tertiary/aromatic N) is 2. The summed E-state index contributed by atoms with van der Waals surface area (Å²) in [7, 11) is 0. The smallest absolute Gasteiger partial charge is 0.223 e. The summed E-state index contributed by atoms with van der Waals surface area (Å²) in [5.41, 5.74) is 0. The molecule has 1 aliphatic carbocycles. The fourth-order valence-electron chi connectivity index (χ4n) is 5.48. The van der Waals surface area contributed by atoms with Crippen molar-refractivity contribution >= 4 is 5.91 Å². The normalized spacial score (nSPS) is 35.8. The molecule has 0 aromatic carbocycles. The van der Waals surface area contributed by atoms with E-state index in [0.29, 0.717) is 23.9 Å². The lowest BCUT2D eigenvalue weighted by Crippen LogP contribution is -2.52. The Morgan fingerprint density at radius 1 is 0.864 bits per heavy atom. The fraction of sp³-hybridized carbons (Fsp3) is 0.944. The molecule has 1 saturated carbocycles. The minimum Gasteiger partial charge on any atom is -0.336 e. The van der Waals surface area contributed by atoms with Crippen LogP contribution in [0.15, 0.2) is 0 Å². The van der Waals surface area contributed by atoms with Gasteiger partial charge in [-0.15, -0.1) is 0 Å². The quantitative estimate of drug-likeness (QED) is 0.847. The van der Waals surface area contributed by atoms with Gasteiger partial charge in [-0.3, -0.25) is 4.79 Å². The lowest BCUT2D eigenvalue weighted by atomic mass is 9.84. The number of likely N-dealkylation sites (tertiary alicyclic amines) is 2. The Bertz CT molecular complexity index is 399. The second-order valence-electron chi connectivity index (χ2n) is 7.87. The van der Waals surface area contributed by atoms with E-state index in [2.05, 4.69) is 15.1 Å². The predicted molar refractivity (Wildman–Crippen MR) is 87.7 cm³/mol. The second kappa shape index (κ2) is 6.48. The van der Waals surface area contributed by atoms with Crippen molar-refractivity contribution in [1.82, 2.24) is 15.1 Å². The maximum atomic E-state index is 12.5. The van der Waals surface area contributed by atoms with Gasteiger partial charge in [-0.25, -0.2) is 0 Å². The summed E-state index contributed by atoms with van der Waals surface area (Å²) in [4.78, 5) is 17.6. The molecule has 4 heteroatoms. The average Bonchev–Trinajstić information content (AvgIpc) is 2.91. The SMILES string of the molecule is O=C1C[C@H]2CCCC[C@@H]2N1C1CCN(C2CCNCC2)CC1. The number of amides is 1. The van der Waals surface area contributed by atoms with Crippen LogP contribution in [0.3, 0.4) is 0 Å². The molecule has 1 amide bonds. The first kappa shape index (κ1) is 14.9. The van der Waals surface area contributed by atoms with E-state index in [1.165, 1.54) is 77.5 Å². The summed E-state index contributed by atoms with van der Waals surface area (Å²) in [6.45, 7) is 4.77. The molecule has 0 unspecified atom stereocenters. The van der Waals surface area contributed by atoms with Crippen LogP contribution in [-0.4, -0.2) is 60.0 Å². The number of carbonyl (C=O) groups excluding carboxylic acids is 1. The van der Waals surface area contributed by atoms with Crippen LogP contribution in [0.1, 0.15) is 57.8 Å². The first-order valence-corrected chi connectivity index (χ1v) is 9.59. The molecule has 0 aromatic rings. The molecule has 124 valence electrons. The van der Waals surface area contributed by atoms with Gasteiger partial charge < -0.3 is 15.1 Å². The van der Waals surface area contributed by atoms with Gasteiger partial charge in [-0.05, 0) is 57.5 Å². The van der Waals surface area contributed by atoms with Crippen molar-refractivity contribution in [1.29, 1.82) is 0 Å². The molecule has 0 spiro atoms. The molecule has 4 nitrogen and oxygen atoms in total. The Hall–Kier alpha value is -0.610. The van der Waals surface area contributed by atoms with E-state index >= 15 is 0 Å². The zero-order chi connectivity index (χ0) is 14.9. The standard InChI is InChI=1S/C18H31N3O/c22-18-13-14-3-1-2-4-17(14)21(18)16-7-11-20(12-8-16)15-5-9-19-10-6-15/h14-17,19H,1-13H2/t14-,17+/m1/s1. The monoisotopic (exact) mass is 305 g/mol. The Labute approximate surface area is 134 Å². The molecular formula is C18H31N3O. The minimum atomic E-state index is 0.470. The van der Waals surface area contributed by atoms with Crippen molar-refractivity contribution in [3.63, 3.8) is 0 Å². The van der Waals surface area contributed by atoms with Crippen LogP contribution in [-0.2, 0) is 4.79 Å². The molecule has 0 radical (unpaired) electrons. The number of nitrogens with one attached hydrogen (secondary N) is 1. The maximum absolute atomic E-state index is 12.5. The Kier molecular flexibility index (Phi) is 4.40. The highest BCUT2D eigenvalue weighted by Crippen LogP contribution is 2.39. The lowest BCUT2D eigenvalue weighted by Gasteiger charge is -2.44. The van der Waals surface area contributed by atoms with Crippen molar-refractivity contribution in [2.75, 3.05) is 26.2 Å². The minimum absolute atomic E-state index is 0.470. The molecule has 4 aliphatic rings. The van der Waals surface area contributed by atoms with Gasteiger partial charge in [-0.1, -0.05) is 12.8 Å². The van der Waals surface area contributed by atoms with E-state index in [4.69, 9.17) is 0 Å². The van der Waals surface area contributed by atoms with Crippen LogP contribution in [0.2, 0.25) is 0 Å². The predicted octanol–water partition coefficient (Wildman–Crippen LogP) is 1.99. The van der Waals surface area contributed by atoms with Gasteiger partial charge >= 0.3 is 0 Å². The molecule has 0 bridgehead atoms. The number of piperidine rings is 2. The van der Waals surface area contributed by atoms with Gasteiger partial charge in [-0.2, -0.15) is 0 Å². The van der Waals surface area contributed by atoms with Crippen molar-refractivity contribution in [3.05, 3.63) is 0 Å². The topological polar surface area (TPSA) is 35.6 Å². The van der Waals surface area contributed by atoms with Crippen molar-refractivity contribution in [3.8, 4) is 0 Å². The highest BCUT2D eigenvalue weighted by molar-refractivity contribution is 5.79. The van der Waals surface area contributed by atoms with Crippen LogP contribution in [0.25, 0.3) is 0 Å². The summed E-state index contributed by atoms with van der Waals surface area (Å²) in [5, 5.41) is 3.46. The van der Waals surface area contributed by atoms with Gasteiger partial charge in [0.2, 0.25) is 5.91 Å². The third-order valence-corrected chi connectivity index (χ3v) is 6.67. The Morgan fingerprint density at radius 3 is 2.36 bits per heavy atom. The van der Waals surface area contributed by atoms with E-state index in [9.17, 15) is 4.79 Å². The summed E-state index contributed by atoms with van der Waals surface area (Å²) in [6, 6.07) is 1.93. The van der Waals surface area contributed by atoms with Gasteiger partial charge in [0.05, 0.1) is 0 Å². The van der Waals surface area contributed by atoms with E-state index in [0.717, 1.165) is 12.5 Å². The molecule has 2 atom stereocenters. The van der Waals surface area contributed by atoms with Crippen LogP contribution in [0.4, 0.5) is 0 Å². The maximum Gasteiger partial charge on any atom is 0.223 e. The molecule has 3 saturated heterocycles. The van der Waals surface area contributed by atoms with Gasteiger partial charge in [0.1, 0.15) is 0 Å². The Balaban J connectivity index is 1.35. The van der Waals surface area contributed by atoms with Crippen molar-refractivity contribution in [2.45, 2.75) is 75.9 Å². The third-order valence-electron chi connectivity index (χ3n) is 6.67. The summed E-state index contributed by atoms with van der Waals surface area (Å²) < 4.78 is 0. The highest BCUT2D eigenvalue weighted by Gasteiger charge is 2.44. The van der Waals surface area contributed by atoms with E-state index < -0.39 is 0 Å². The van der Waals surface area contributed by atoms with Gasteiger partial charge in [0, 0.05) is 37.6 Å².